The van der Waals surface area contributed by atoms with Crippen molar-refractivity contribution in [3.63, 3.8) is 0 Å². The van der Waals surface area contributed by atoms with Gasteiger partial charge in [-0.3, -0.25) is 14.2 Å². The molecule has 2 N–H and O–H groups in total. The Bertz CT molecular complexity index is 1270. The van der Waals surface area contributed by atoms with Crippen LogP contribution in [0.15, 0.2) is 58.4 Å². The summed E-state index contributed by atoms with van der Waals surface area (Å²) in [4.78, 5) is 26.7. The Labute approximate surface area is 198 Å². The van der Waals surface area contributed by atoms with Gasteiger partial charge in [0.15, 0.2) is 0 Å². The maximum atomic E-state index is 13.7. The van der Waals surface area contributed by atoms with Gasteiger partial charge in [-0.05, 0) is 79.0 Å². The number of nitrogens with one attached hydrogen (secondary N) is 1. The molecular weight excluding hydrogens is 459 g/mol. The van der Waals surface area contributed by atoms with Crippen LogP contribution < -0.4 is 10.2 Å². The van der Waals surface area contributed by atoms with Crippen molar-refractivity contribution >= 4 is 34.7 Å². The number of halogens is 1. The van der Waals surface area contributed by atoms with E-state index in [9.17, 15) is 19.1 Å². The molecule has 0 spiro atoms. The van der Waals surface area contributed by atoms with E-state index in [1.807, 2.05) is 12.1 Å². The molecule has 1 aliphatic heterocycles. The number of nitrogens with zero attached hydrogens (tertiary/aromatic N) is 1. The summed E-state index contributed by atoms with van der Waals surface area (Å²) in [5.74, 6) is 1.38. The van der Waals surface area contributed by atoms with E-state index < -0.39 is 0 Å². The molecule has 2 heterocycles. The minimum Gasteiger partial charge on any atom is -0.508 e. The molecule has 33 heavy (non-hydrogen) atoms. The summed E-state index contributed by atoms with van der Waals surface area (Å²) >= 11 is 3.01. The van der Waals surface area contributed by atoms with Crippen LogP contribution in [0.3, 0.4) is 0 Å². The number of carbonyl (C=O) groups excluding carboxylic acids is 1. The van der Waals surface area contributed by atoms with E-state index >= 15 is 0 Å². The largest absolute Gasteiger partial charge is 0.508 e. The number of carbonyl (C=O) groups is 1. The minimum atomic E-state index is -0.280. The monoisotopic (exact) mass is 482 g/mol. The zero-order valence-electron chi connectivity index (χ0n) is 17.7. The zero-order valence-corrected chi connectivity index (χ0v) is 19.4. The maximum Gasteiger partial charge on any atom is 0.308 e. The van der Waals surface area contributed by atoms with Crippen molar-refractivity contribution in [3.05, 3.63) is 74.5 Å². The highest BCUT2D eigenvalue weighted by atomic mass is 32.2. The summed E-state index contributed by atoms with van der Waals surface area (Å²) in [6.45, 7) is -0.0554. The van der Waals surface area contributed by atoms with E-state index in [4.69, 9.17) is 0 Å². The molecule has 0 radical (unpaired) electrons. The molecule has 8 heteroatoms. The molecule has 2 fully saturated rings. The number of phenolic OH excluding ortho intramolecular Hbond substituents is 1. The number of rotatable bonds is 4. The van der Waals surface area contributed by atoms with Crippen molar-refractivity contribution < 1.29 is 14.3 Å². The lowest BCUT2D eigenvalue weighted by Gasteiger charge is -2.40. The number of benzene rings is 2. The second-order valence-electron chi connectivity index (χ2n) is 9.24. The molecule has 3 aliphatic rings. The molecule has 2 aromatic carbocycles. The Balaban J connectivity index is 1.36. The number of aromatic hydroxyl groups is 1. The second kappa shape index (κ2) is 8.02. The van der Waals surface area contributed by atoms with Gasteiger partial charge in [-0.25, -0.2) is 4.39 Å². The number of phenols is 1. The number of hydrogen-bond acceptors (Lipinski definition) is 5. The fraction of sp³-hybridized carbons (Fsp3) is 0.360. The molecule has 5 unspecified atom stereocenters. The summed E-state index contributed by atoms with van der Waals surface area (Å²) in [6, 6.07) is 13.0. The van der Waals surface area contributed by atoms with E-state index in [1.165, 1.54) is 54.9 Å². The summed E-state index contributed by atoms with van der Waals surface area (Å²) in [6.07, 6.45) is 3.67. The molecule has 2 saturated carbocycles. The van der Waals surface area contributed by atoms with E-state index in [2.05, 4.69) is 5.32 Å². The van der Waals surface area contributed by atoms with E-state index in [1.54, 1.807) is 28.5 Å². The van der Waals surface area contributed by atoms with Crippen LogP contribution in [-0.4, -0.2) is 20.8 Å². The van der Waals surface area contributed by atoms with E-state index in [0.29, 0.717) is 28.7 Å². The van der Waals surface area contributed by atoms with Gasteiger partial charge < -0.3 is 10.4 Å². The quantitative estimate of drug-likeness (QED) is 0.511. The number of fused-ring (bicyclic) bond motifs is 6. The van der Waals surface area contributed by atoms with Crippen LogP contribution in [0.5, 0.6) is 5.75 Å². The third-order valence-corrected chi connectivity index (χ3v) is 10.2. The highest BCUT2D eigenvalue weighted by Gasteiger charge is 2.55. The first kappa shape index (κ1) is 21.0. The van der Waals surface area contributed by atoms with Crippen LogP contribution in [-0.2, 0) is 11.3 Å². The number of aromatic nitrogens is 1. The third kappa shape index (κ3) is 3.60. The van der Waals surface area contributed by atoms with Gasteiger partial charge in [-0.15, -0.1) is 11.8 Å². The molecule has 0 saturated heterocycles. The van der Waals surface area contributed by atoms with Crippen molar-refractivity contribution in [3.8, 4) is 5.75 Å². The van der Waals surface area contributed by atoms with Gasteiger partial charge in [0, 0.05) is 21.7 Å². The van der Waals surface area contributed by atoms with Crippen LogP contribution in [0.2, 0.25) is 0 Å². The van der Waals surface area contributed by atoms with Crippen molar-refractivity contribution in [2.24, 2.45) is 17.8 Å². The highest BCUT2D eigenvalue weighted by molar-refractivity contribution is 8.00. The number of anilines is 1. The van der Waals surface area contributed by atoms with Gasteiger partial charge >= 0.3 is 4.87 Å². The molecular formula is C25H23FN2O3S2. The first-order valence-electron chi connectivity index (χ1n) is 11.2. The maximum absolute atomic E-state index is 13.7. The fourth-order valence-electron chi connectivity index (χ4n) is 6.02. The Morgan fingerprint density at radius 2 is 1.82 bits per heavy atom. The Kier molecular flexibility index (Phi) is 5.10. The Morgan fingerprint density at radius 3 is 2.58 bits per heavy atom. The van der Waals surface area contributed by atoms with Crippen LogP contribution >= 0.6 is 23.1 Å². The lowest BCUT2D eigenvalue weighted by molar-refractivity contribution is -0.116. The first-order chi connectivity index (χ1) is 16.0. The average molecular weight is 483 g/mol. The van der Waals surface area contributed by atoms with Crippen molar-refractivity contribution in [2.45, 2.75) is 42.0 Å². The SMILES string of the molecule is O=C(Cn1c2c(sc1=O)C(c1ccc(F)cc1)C1C3CCC(C3)C1S2)Nc1ccc(O)cc1. The third-order valence-electron chi connectivity index (χ3n) is 7.37. The highest BCUT2D eigenvalue weighted by Crippen LogP contribution is 2.64. The summed E-state index contributed by atoms with van der Waals surface area (Å²) in [5.41, 5.74) is 1.63. The smallest absolute Gasteiger partial charge is 0.308 e. The molecule has 6 rings (SSSR count). The lowest BCUT2D eigenvalue weighted by Crippen LogP contribution is -2.34. The molecule has 1 aromatic heterocycles. The van der Waals surface area contributed by atoms with E-state index in [0.717, 1.165) is 15.5 Å². The van der Waals surface area contributed by atoms with Gasteiger partial charge in [0.25, 0.3) is 0 Å². The predicted octanol–water partition coefficient (Wildman–Crippen LogP) is 5.05. The van der Waals surface area contributed by atoms with Crippen LogP contribution in [0.4, 0.5) is 10.1 Å². The van der Waals surface area contributed by atoms with Crippen LogP contribution in [0, 0.1) is 23.6 Å². The lowest BCUT2D eigenvalue weighted by atomic mass is 9.75. The number of hydrogen-bond donors (Lipinski definition) is 2. The van der Waals surface area contributed by atoms with Crippen LogP contribution in [0.1, 0.15) is 35.6 Å². The van der Waals surface area contributed by atoms with Gasteiger partial charge in [0.05, 0.1) is 5.03 Å². The topological polar surface area (TPSA) is 71.3 Å². The van der Waals surface area contributed by atoms with Gasteiger partial charge in [-0.1, -0.05) is 23.5 Å². The number of thiazole rings is 1. The van der Waals surface area contributed by atoms with Crippen molar-refractivity contribution in [1.29, 1.82) is 0 Å². The number of amides is 1. The second-order valence-corrected chi connectivity index (χ2v) is 11.4. The fourth-order valence-corrected chi connectivity index (χ4v) is 9.17. The molecule has 5 nitrogen and oxygen atoms in total. The molecule has 2 aliphatic carbocycles. The van der Waals surface area contributed by atoms with Gasteiger partial charge in [-0.2, -0.15) is 0 Å². The number of thioether (sulfide) groups is 1. The van der Waals surface area contributed by atoms with E-state index in [-0.39, 0.29) is 34.8 Å². The Morgan fingerprint density at radius 1 is 1.09 bits per heavy atom. The Hall–Kier alpha value is -2.58. The molecule has 2 bridgehead atoms. The normalized spacial score (nSPS) is 27.2. The predicted molar refractivity (Wildman–Crippen MR) is 128 cm³/mol. The van der Waals surface area contributed by atoms with Crippen molar-refractivity contribution in [1.82, 2.24) is 4.57 Å². The zero-order chi connectivity index (χ0) is 22.7. The standard InChI is InChI=1S/C25H23FN2O3S2/c26-16-5-3-13(4-6-16)20-21-14-1-2-15(11-14)22(21)32-24-23(20)33-25(31)28(24)12-19(30)27-17-7-9-18(29)10-8-17/h3-10,14-15,20-22,29H,1-2,11-12H2,(H,27,30). The molecule has 170 valence electrons. The first-order valence-corrected chi connectivity index (χ1v) is 12.9. The summed E-state index contributed by atoms with van der Waals surface area (Å²) in [7, 11) is 0. The van der Waals surface area contributed by atoms with Gasteiger partial charge in [0.1, 0.15) is 18.1 Å². The molecule has 5 atom stereocenters. The van der Waals surface area contributed by atoms with Crippen molar-refractivity contribution in [2.75, 3.05) is 5.32 Å². The molecule has 1 amide bonds. The van der Waals surface area contributed by atoms with Gasteiger partial charge in [0.2, 0.25) is 5.91 Å². The summed E-state index contributed by atoms with van der Waals surface area (Å²) < 4.78 is 15.3. The van der Waals surface area contributed by atoms with Crippen LogP contribution in [0.25, 0.3) is 0 Å². The summed E-state index contributed by atoms with van der Waals surface area (Å²) in [5, 5.41) is 13.6. The molecule has 3 aromatic rings. The average Bonchev–Trinajstić information content (AvgIpc) is 3.49. The minimum absolute atomic E-state index is 0.0554.